The summed E-state index contributed by atoms with van der Waals surface area (Å²) in [6.45, 7) is 4.03. The van der Waals surface area contributed by atoms with E-state index >= 15 is 0 Å². The number of ether oxygens (including phenoxy) is 2. The zero-order chi connectivity index (χ0) is 21.0. The maximum atomic E-state index is 12.9. The van der Waals surface area contributed by atoms with Crippen molar-refractivity contribution in [2.75, 3.05) is 14.2 Å². The zero-order valence-corrected chi connectivity index (χ0v) is 17.4. The smallest absolute Gasteiger partial charge is 0.254 e. The number of benzene rings is 2. The van der Waals surface area contributed by atoms with Crippen molar-refractivity contribution in [2.24, 2.45) is 0 Å². The zero-order valence-electron chi connectivity index (χ0n) is 16.7. The fourth-order valence-corrected chi connectivity index (χ4v) is 3.02. The molecule has 0 radical (unpaired) electrons. The van der Waals surface area contributed by atoms with Crippen molar-refractivity contribution in [3.05, 3.63) is 58.9 Å². The molecule has 7 nitrogen and oxygen atoms in total. The predicted molar refractivity (Wildman–Crippen MR) is 109 cm³/mol. The van der Waals surface area contributed by atoms with E-state index in [-0.39, 0.29) is 18.5 Å². The maximum Gasteiger partial charge on any atom is 0.254 e. The van der Waals surface area contributed by atoms with Gasteiger partial charge in [0, 0.05) is 22.2 Å². The molecule has 0 fully saturated rings. The Morgan fingerprint density at radius 1 is 1.14 bits per heavy atom. The van der Waals surface area contributed by atoms with Crippen LogP contribution in [0.1, 0.15) is 30.1 Å². The van der Waals surface area contributed by atoms with Crippen LogP contribution in [0.5, 0.6) is 11.5 Å². The summed E-state index contributed by atoms with van der Waals surface area (Å²) in [4.78, 5) is 19.0. The number of amides is 1. The molecule has 1 heterocycles. The number of halogens is 1. The summed E-state index contributed by atoms with van der Waals surface area (Å²) in [5.74, 6) is 1.75. The van der Waals surface area contributed by atoms with Gasteiger partial charge in [0.25, 0.3) is 5.91 Å². The van der Waals surface area contributed by atoms with Crippen molar-refractivity contribution < 1.29 is 18.8 Å². The average Bonchev–Trinajstić information content (AvgIpc) is 3.19. The number of aromatic nitrogens is 2. The Balaban J connectivity index is 1.83. The summed E-state index contributed by atoms with van der Waals surface area (Å²) in [7, 11) is 3.13. The third-order valence-corrected chi connectivity index (χ3v) is 4.61. The number of hydrogen-bond acceptors (Lipinski definition) is 6. The van der Waals surface area contributed by atoms with Crippen LogP contribution in [0.15, 0.2) is 47.0 Å². The van der Waals surface area contributed by atoms with Gasteiger partial charge in [0.2, 0.25) is 11.7 Å². The molecule has 0 saturated heterocycles. The highest BCUT2D eigenvalue weighted by atomic mass is 35.5. The Morgan fingerprint density at radius 2 is 1.90 bits per heavy atom. The van der Waals surface area contributed by atoms with Crippen LogP contribution in [-0.2, 0) is 6.54 Å². The summed E-state index contributed by atoms with van der Waals surface area (Å²) in [6.07, 6.45) is 0. The van der Waals surface area contributed by atoms with E-state index in [1.165, 1.54) is 0 Å². The van der Waals surface area contributed by atoms with E-state index in [2.05, 4.69) is 10.1 Å². The fraction of sp³-hybridized carbons (Fsp3) is 0.286. The Hall–Kier alpha value is -3.06. The number of nitrogens with zero attached hydrogens (tertiary/aromatic N) is 3. The lowest BCUT2D eigenvalue weighted by Gasteiger charge is -2.25. The molecular formula is C21H22ClN3O4. The molecule has 0 aliphatic heterocycles. The molecule has 1 amide bonds. The Labute approximate surface area is 174 Å². The normalized spacial score (nSPS) is 10.8. The second-order valence-corrected chi connectivity index (χ2v) is 7.06. The standard InChI is InChI=1S/C21H22ClN3O4/c1-13(2)25(21(26)15-6-5-7-16(22)10-15)12-19-23-20(24-29-19)14-8-9-17(27-3)18(11-14)28-4/h5-11,13H,12H2,1-4H3. The van der Waals surface area contributed by atoms with Gasteiger partial charge in [0.15, 0.2) is 11.5 Å². The summed E-state index contributed by atoms with van der Waals surface area (Å²) < 4.78 is 15.9. The number of carbonyl (C=O) groups excluding carboxylic acids is 1. The van der Waals surface area contributed by atoms with Crippen LogP contribution in [0.2, 0.25) is 5.02 Å². The SMILES string of the molecule is COc1ccc(-c2noc(CN(C(=O)c3cccc(Cl)c3)C(C)C)n2)cc1OC. The molecule has 8 heteroatoms. The van der Waals surface area contributed by atoms with Gasteiger partial charge in [-0.2, -0.15) is 4.98 Å². The Morgan fingerprint density at radius 3 is 2.55 bits per heavy atom. The minimum Gasteiger partial charge on any atom is -0.493 e. The Bertz CT molecular complexity index is 1000. The van der Waals surface area contributed by atoms with Crippen LogP contribution in [0.25, 0.3) is 11.4 Å². The minimum absolute atomic E-state index is 0.0714. The second-order valence-electron chi connectivity index (χ2n) is 6.62. The van der Waals surface area contributed by atoms with Crippen molar-refractivity contribution in [2.45, 2.75) is 26.4 Å². The average molecular weight is 416 g/mol. The molecule has 0 N–H and O–H groups in total. The van der Waals surface area contributed by atoms with Gasteiger partial charge in [-0.1, -0.05) is 22.8 Å². The molecule has 3 aromatic rings. The second kappa shape index (κ2) is 8.96. The summed E-state index contributed by atoms with van der Waals surface area (Å²) in [6, 6.07) is 12.1. The minimum atomic E-state index is -0.159. The van der Waals surface area contributed by atoms with E-state index in [1.54, 1.807) is 55.5 Å². The highest BCUT2D eigenvalue weighted by Crippen LogP contribution is 2.31. The largest absolute Gasteiger partial charge is 0.493 e. The molecule has 0 unspecified atom stereocenters. The van der Waals surface area contributed by atoms with E-state index in [9.17, 15) is 4.79 Å². The fourth-order valence-electron chi connectivity index (χ4n) is 2.83. The van der Waals surface area contributed by atoms with Crippen LogP contribution in [0, 0.1) is 0 Å². The van der Waals surface area contributed by atoms with Gasteiger partial charge < -0.3 is 18.9 Å². The van der Waals surface area contributed by atoms with Crippen molar-refractivity contribution >= 4 is 17.5 Å². The first-order valence-electron chi connectivity index (χ1n) is 9.04. The summed E-state index contributed by atoms with van der Waals surface area (Å²) in [5, 5.41) is 4.54. The highest BCUT2D eigenvalue weighted by molar-refractivity contribution is 6.30. The van der Waals surface area contributed by atoms with Crippen molar-refractivity contribution in [1.29, 1.82) is 0 Å². The molecule has 0 bridgehead atoms. The molecule has 2 aromatic carbocycles. The van der Waals surface area contributed by atoms with Gasteiger partial charge in [0.05, 0.1) is 14.2 Å². The van der Waals surface area contributed by atoms with E-state index in [1.807, 2.05) is 19.9 Å². The molecule has 152 valence electrons. The number of rotatable bonds is 7. The molecular weight excluding hydrogens is 394 g/mol. The topological polar surface area (TPSA) is 77.7 Å². The Kier molecular flexibility index (Phi) is 6.39. The van der Waals surface area contributed by atoms with Crippen LogP contribution in [0.4, 0.5) is 0 Å². The molecule has 29 heavy (non-hydrogen) atoms. The third kappa shape index (κ3) is 4.68. The molecule has 0 aliphatic rings. The first-order chi connectivity index (χ1) is 13.9. The van der Waals surface area contributed by atoms with Crippen LogP contribution >= 0.6 is 11.6 Å². The van der Waals surface area contributed by atoms with E-state index in [4.69, 9.17) is 25.6 Å². The summed E-state index contributed by atoms with van der Waals surface area (Å²) >= 11 is 6.02. The molecule has 3 rings (SSSR count). The van der Waals surface area contributed by atoms with Crippen LogP contribution < -0.4 is 9.47 Å². The predicted octanol–water partition coefficient (Wildman–Crippen LogP) is 4.46. The number of methoxy groups -OCH3 is 2. The van der Waals surface area contributed by atoms with Gasteiger partial charge in [-0.3, -0.25) is 4.79 Å². The van der Waals surface area contributed by atoms with Gasteiger partial charge in [-0.15, -0.1) is 0 Å². The van der Waals surface area contributed by atoms with Gasteiger partial charge >= 0.3 is 0 Å². The summed E-state index contributed by atoms with van der Waals surface area (Å²) in [5.41, 5.74) is 1.22. The number of carbonyl (C=O) groups is 1. The molecule has 0 atom stereocenters. The lowest BCUT2D eigenvalue weighted by atomic mass is 10.1. The molecule has 1 aromatic heterocycles. The van der Waals surface area contributed by atoms with Gasteiger partial charge in [-0.05, 0) is 50.2 Å². The lowest BCUT2D eigenvalue weighted by molar-refractivity contribution is 0.0667. The molecule has 0 spiro atoms. The van der Waals surface area contributed by atoms with Crippen LogP contribution in [0.3, 0.4) is 0 Å². The maximum absolute atomic E-state index is 12.9. The van der Waals surface area contributed by atoms with Crippen molar-refractivity contribution in [1.82, 2.24) is 15.0 Å². The first kappa shape index (κ1) is 20.7. The first-order valence-corrected chi connectivity index (χ1v) is 9.42. The van der Waals surface area contributed by atoms with E-state index in [0.29, 0.717) is 33.8 Å². The molecule has 0 saturated carbocycles. The third-order valence-electron chi connectivity index (χ3n) is 4.37. The van der Waals surface area contributed by atoms with Crippen LogP contribution in [-0.4, -0.2) is 41.2 Å². The van der Waals surface area contributed by atoms with Gasteiger partial charge in [0.1, 0.15) is 6.54 Å². The van der Waals surface area contributed by atoms with Crippen molar-refractivity contribution in [3.63, 3.8) is 0 Å². The van der Waals surface area contributed by atoms with Gasteiger partial charge in [-0.25, -0.2) is 0 Å². The van der Waals surface area contributed by atoms with E-state index < -0.39 is 0 Å². The highest BCUT2D eigenvalue weighted by Gasteiger charge is 2.22. The molecule has 0 aliphatic carbocycles. The number of hydrogen-bond donors (Lipinski definition) is 0. The lowest BCUT2D eigenvalue weighted by Crippen LogP contribution is -2.36. The quantitative estimate of drug-likeness (QED) is 0.567. The van der Waals surface area contributed by atoms with Crippen molar-refractivity contribution in [3.8, 4) is 22.9 Å². The van der Waals surface area contributed by atoms with E-state index in [0.717, 1.165) is 5.56 Å². The monoisotopic (exact) mass is 415 g/mol.